The maximum absolute atomic E-state index is 11.1. The lowest BCUT2D eigenvalue weighted by Crippen LogP contribution is -1.94. The van der Waals surface area contributed by atoms with Crippen molar-refractivity contribution in [2.45, 2.75) is 20.8 Å². The van der Waals surface area contributed by atoms with E-state index < -0.39 is 5.97 Å². The van der Waals surface area contributed by atoms with E-state index in [-0.39, 0.29) is 0 Å². The molecule has 5 heteroatoms. The first-order valence-corrected chi connectivity index (χ1v) is 6.62. The maximum Gasteiger partial charge on any atom is 0.347 e. The third-order valence-corrected chi connectivity index (χ3v) is 4.14. The van der Waals surface area contributed by atoms with Gasteiger partial charge in [0.25, 0.3) is 0 Å². The molecule has 0 amide bonds. The number of benzene rings is 1. The molecule has 1 heterocycles. The van der Waals surface area contributed by atoms with Crippen LogP contribution in [-0.2, 0) is 0 Å². The molecule has 0 bridgehead atoms. The number of carboxylic acids is 1. The van der Waals surface area contributed by atoms with Crippen LogP contribution < -0.4 is 4.74 Å². The van der Waals surface area contributed by atoms with Gasteiger partial charge in [-0.15, -0.1) is 11.3 Å². The molecule has 4 nitrogen and oxygen atoms in total. The maximum atomic E-state index is 11.1. The number of hydrogen-bond acceptors (Lipinski definition) is 4. The fourth-order valence-corrected chi connectivity index (χ4v) is 2.94. The van der Waals surface area contributed by atoms with Crippen LogP contribution in [0.15, 0.2) is 12.1 Å². The zero-order valence-corrected chi connectivity index (χ0v) is 12.1. The molecule has 19 heavy (non-hydrogen) atoms. The third kappa shape index (κ3) is 2.46. The van der Waals surface area contributed by atoms with Gasteiger partial charge in [-0.25, -0.2) is 9.78 Å². The molecule has 0 spiro atoms. The number of rotatable bonds is 3. The lowest BCUT2D eigenvalue weighted by Gasteiger charge is -2.09. The minimum atomic E-state index is -0.927. The fraction of sp³-hybridized carbons (Fsp3) is 0.286. The van der Waals surface area contributed by atoms with Gasteiger partial charge in [-0.2, -0.15) is 0 Å². The Morgan fingerprint density at radius 1 is 1.26 bits per heavy atom. The summed E-state index contributed by atoms with van der Waals surface area (Å²) in [7, 11) is 1.64. The van der Waals surface area contributed by atoms with Gasteiger partial charge in [-0.05, 0) is 44.0 Å². The van der Waals surface area contributed by atoms with Crippen molar-refractivity contribution >= 4 is 17.3 Å². The van der Waals surface area contributed by atoms with Crippen LogP contribution in [0.2, 0.25) is 0 Å². The normalized spacial score (nSPS) is 10.5. The Morgan fingerprint density at radius 3 is 2.47 bits per heavy atom. The Morgan fingerprint density at radius 2 is 1.95 bits per heavy atom. The van der Waals surface area contributed by atoms with Gasteiger partial charge >= 0.3 is 5.97 Å². The lowest BCUT2D eigenvalue weighted by molar-refractivity contribution is 0.0701. The zero-order valence-electron chi connectivity index (χ0n) is 11.3. The van der Waals surface area contributed by atoms with Crippen LogP contribution in [0.3, 0.4) is 0 Å². The number of carboxylic acid groups (broad SMARTS) is 1. The summed E-state index contributed by atoms with van der Waals surface area (Å²) in [5.41, 5.74) is 3.54. The largest absolute Gasteiger partial charge is 0.496 e. The first kappa shape index (κ1) is 13.5. The van der Waals surface area contributed by atoms with Crippen molar-refractivity contribution < 1.29 is 14.6 Å². The number of aryl methyl sites for hydroxylation is 3. The van der Waals surface area contributed by atoms with E-state index in [0.29, 0.717) is 10.6 Å². The van der Waals surface area contributed by atoms with E-state index >= 15 is 0 Å². The highest BCUT2D eigenvalue weighted by Gasteiger charge is 2.17. The van der Waals surface area contributed by atoms with Gasteiger partial charge in [-0.3, -0.25) is 0 Å². The minimum Gasteiger partial charge on any atom is -0.496 e. The Kier molecular flexibility index (Phi) is 3.57. The Labute approximate surface area is 115 Å². The molecule has 0 atom stereocenters. The van der Waals surface area contributed by atoms with E-state index in [1.807, 2.05) is 26.0 Å². The van der Waals surface area contributed by atoms with Crippen molar-refractivity contribution in [2.75, 3.05) is 7.11 Å². The fourth-order valence-electron chi connectivity index (χ4n) is 1.95. The van der Waals surface area contributed by atoms with Gasteiger partial charge in [0.2, 0.25) is 0 Å². The van der Waals surface area contributed by atoms with E-state index in [9.17, 15) is 4.79 Å². The summed E-state index contributed by atoms with van der Waals surface area (Å²) in [5, 5.41) is 9.82. The second-order valence-electron chi connectivity index (χ2n) is 4.38. The average Bonchev–Trinajstić information content (AvgIpc) is 2.73. The van der Waals surface area contributed by atoms with Crippen molar-refractivity contribution in [2.24, 2.45) is 0 Å². The predicted octanol–water partition coefficient (Wildman–Crippen LogP) is 3.44. The molecule has 0 unspecified atom stereocenters. The number of carbonyl (C=O) groups is 1. The first-order valence-electron chi connectivity index (χ1n) is 5.80. The summed E-state index contributed by atoms with van der Waals surface area (Å²) in [6.45, 7) is 5.64. The van der Waals surface area contributed by atoms with Crippen LogP contribution in [0.4, 0.5) is 0 Å². The molecule has 100 valence electrons. The van der Waals surface area contributed by atoms with E-state index in [4.69, 9.17) is 9.84 Å². The zero-order chi connectivity index (χ0) is 14.2. The second-order valence-corrected chi connectivity index (χ2v) is 5.37. The molecular formula is C14H15NO3S. The Balaban J connectivity index is 2.56. The van der Waals surface area contributed by atoms with Crippen LogP contribution in [0.1, 0.15) is 26.5 Å². The smallest absolute Gasteiger partial charge is 0.347 e. The quantitative estimate of drug-likeness (QED) is 0.933. The summed E-state index contributed by atoms with van der Waals surface area (Å²) < 4.78 is 5.27. The summed E-state index contributed by atoms with van der Waals surface area (Å²) >= 11 is 1.21. The number of hydrogen-bond donors (Lipinski definition) is 1. The lowest BCUT2D eigenvalue weighted by atomic mass is 10.1. The molecule has 0 aliphatic carbocycles. The van der Waals surface area contributed by atoms with Crippen molar-refractivity contribution in [3.8, 4) is 16.3 Å². The van der Waals surface area contributed by atoms with Crippen molar-refractivity contribution in [1.82, 2.24) is 4.98 Å². The van der Waals surface area contributed by atoms with E-state index in [0.717, 1.165) is 27.4 Å². The highest BCUT2D eigenvalue weighted by atomic mass is 32.1. The van der Waals surface area contributed by atoms with Crippen LogP contribution in [0.25, 0.3) is 10.6 Å². The highest BCUT2D eigenvalue weighted by molar-refractivity contribution is 7.17. The van der Waals surface area contributed by atoms with E-state index in [1.54, 1.807) is 14.0 Å². The number of thiazole rings is 1. The molecule has 1 aromatic heterocycles. The van der Waals surface area contributed by atoms with Crippen molar-refractivity contribution in [1.29, 1.82) is 0 Å². The van der Waals surface area contributed by atoms with Crippen molar-refractivity contribution in [3.05, 3.63) is 33.8 Å². The molecule has 0 aliphatic heterocycles. The van der Waals surface area contributed by atoms with Gasteiger partial charge in [-0.1, -0.05) is 0 Å². The molecule has 2 aromatic rings. The first-order chi connectivity index (χ1) is 8.93. The minimum absolute atomic E-state index is 0.294. The van der Waals surface area contributed by atoms with Gasteiger partial charge in [0.05, 0.1) is 12.8 Å². The molecule has 0 aliphatic rings. The van der Waals surface area contributed by atoms with E-state index in [2.05, 4.69) is 4.98 Å². The number of aromatic nitrogens is 1. The predicted molar refractivity (Wildman–Crippen MR) is 75.3 cm³/mol. The third-order valence-electron chi connectivity index (χ3n) is 2.96. The SMILES string of the molecule is COc1cc(C)c(-c2nc(C)c(C(=O)O)s2)cc1C. The molecule has 0 radical (unpaired) electrons. The van der Waals surface area contributed by atoms with Gasteiger partial charge in [0, 0.05) is 5.56 Å². The molecule has 0 saturated heterocycles. The second kappa shape index (κ2) is 5.01. The molecule has 0 saturated carbocycles. The number of ether oxygens (including phenoxy) is 1. The summed E-state index contributed by atoms with van der Waals surface area (Å²) in [6.07, 6.45) is 0. The van der Waals surface area contributed by atoms with Crippen LogP contribution in [0.5, 0.6) is 5.75 Å². The van der Waals surface area contributed by atoms with Crippen LogP contribution in [0, 0.1) is 20.8 Å². The molecule has 1 aromatic carbocycles. The monoisotopic (exact) mass is 277 g/mol. The number of nitrogens with zero attached hydrogens (tertiary/aromatic N) is 1. The van der Waals surface area contributed by atoms with E-state index in [1.165, 1.54) is 11.3 Å². The average molecular weight is 277 g/mol. The number of methoxy groups -OCH3 is 1. The van der Waals surface area contributed by atoms with Crippen LogP contribution >= 0.6 is 11.3 Å². The van der Waals surface area contributed by atoms with Crippen molar-refractivity contribution in [3.63, 3.8) is 0 Å². The van der Waals surface area contributed by atoms with Gasteiger partial charge in [0.15, 0.2) is 0 Å². The Hall–Kier alpha value is -1.88. The standard InChI is InChI=1S/C14H15NO3S/c1-7-6-11(18-4)8(2)5-10(7)13-15-9(3)12(19-13)14(16)17/h5-6H,1-4H3,(H,16,17). The Bertz CT molecular complexity index is 646. The molecule has 1 N–H and O–H groups in total. The number of aromatic carboxylic acids is 1. The summed E-state index contributed by atoms with van der Waals surface area (Å²) in [5.74, 6) is -0.0999. The van der Waals surface area contributed by atoms with Gasteiger partial charge in [0.1, 0.15) is 15.6 Å². The summed E-state index contributed by atoms with van der Waals surface area (Å²) in [4.78, 5) is 15.7. The van der Waals surface area contributed by atoms with Crippen LogP contribution in [-0.4, -0.2) is 23.2 Å². The summed E-state index contributed by atoms with van der Waals surface area (Å²) in [6, 6.07) is 3.93. The molecule has 2 rings (SSSR count). The van der Waals surface area contributed by atoms with Gasteiger partial charge < -0.3 is 9.84 Å². The molecule has 0 fully saturated rings. The molecular weight excluding hydrogens is 262 g/mol. The highest BCUT2D eigenvalue weighted by Crippen LogP contribution is 2.33. The topological polar surface area (TPSA) is 59.4 Å².